The van der Waals surface area contributed by atoms with Gasteiger partial charge in [0.15, 0.2) is 0 Å². The van der Waals surface area contributed by atoms with Crippen LogP contribution in [0.1, 0.15) is 41.6 Å². The fraction of sp³-hybridized carbons (Fsp3) is 0.533. The van der Waals surface area contributed by atoms with Crippen LogP contribution in [-0.4, -0.2) is 42.6 Å². The van der Waals surface area contributed by atoms with Crippen molar-refractivity contribution in [3.05, 3.63) is 35.4 Å². The van der Waals surface area contributed by atoms with Gasteiger partial charge in [0.25, 0.3) is 0 Å². The molecule has 0 heterocycles. The van der Waals surface area contributed by atoms with Gasteiger partial charge in [-0.05, 0) is 30.9 Å². The second-order valence-corrected chi connectivity index (χ2v) is 7.81. The van der Waals surface area contributed by atoms with Gasteiger partial charge in [0.05, 0.1) is 10.8 Å². The van der Waals surface area contributed by atoms with E-state index in [0.717, 1.165) is 25.7 Å². The van der Waals surface area contributed by atoms with Gasteiger partial charge in [-0.25, -0.2) is 17.5 Å². The van der Waals surface area contributed by atoms with Gasteiger partial charge in [0.1, 0.15) is 0 Å². The topological polar surface area (TPSA) is 74.7 Å². The molecule has 0 spiro atoms. The summed E-state index contributed by atoms with van der Waals surface area (Å²) in [5.74, 6) is -0.980. The number of carboxylic acids is 1. The molecule has 0 aliphatic heterocycles. The average molecular weight is 311 g/mol. The summed E-state index contributed by atoms with van der Waals surface area (Å²) in [6.45, 7) is 0.309. The third kappa shape index (κ3) is 3.63. The molecule has 0 unspecified atom stereocenters. The summed E-state index contributed by atoms with van der Waals surface area (Å²) in [5, 5.41) is 8.87. The molecular weight excluding hydrogens is 290 g/mol. The lowest BCUT2D eigenvalue weighted by Crippen LogP contribution is -2.36. The van der Waals surface area contributed by atoms with Crippen molar-refractivity contribution >= 4 is 16.0 Å². The van der Waals surface area contributed by atoms with E-state index in [-0.39, 0.29) is 10.8 Å². The van der Waals surface area contributed by atoms with Crippen molar-refractivity contribution in [1.29, 1.82) is 0 Å². The highest BCUT2D eigenvalue weighted by molar-refractivity contribution is 7.89. The number of rotatable bonds is 6. The van der Waals surface area contributed by atoms with E-state index in [0.29, 0.717) is 18.5 Å². The number of likely N-dealkylation sites (N-methyl/N-ethyl adjacent to an activating group) is 1. The molecule has 0 atom stereocenters. The van der Waals surface area contributed by atoms with Crippen LogP contribution >= 0.6 is 0 Å². The largest absolute Gasteiger partial charge is 0.478 e. The van der Waals surface area contributed by atoms with Crippen molar-refractivity contribution in [2.75, 3.05) is 13.6 Å². The van der Waals surface area contributed by atoms with Crippen LogP contribution in [0.2, 0.25) is 0 Å². The van der Waals surface area contributed by atoms with Crippen molar-refractivity contribution in [2.45, 2.75) is 37.4 Å². The van der Waals surface area contributed by atoms with Crippen molar-refractivity contribution < 1.29 is 18.3 Å². The molecule has 1 aliphatic carbocycles. The molecule has 1 fully saturated rings. The highest BCUT2D eigenvalue weighted by Crippen LogP contribution is 2.26. The first-order chi connectivity index (χ1) is 9.93. The smallest absolute Gasteiger partial charge is 0.335 e. The van der Waals surface area contributed by atoms with E-state index in [1.54, 1.807) is 31.3 Å². The Hall–Kier alpha value is -1.40. The Labute approximate surface area is 125 Å². The Balaban J connectivity index is 2.04. The lowest BCUT2D eigenvalue weighted by atomic mass is 10.1. The van der Waals surface area contributed by atoms with Gasteiger partial charge < -0.3 is 5.11 Å². The second-order valence-electron chi connectivity index (χ2n) is 5.49. The number of benzene rings is 1. The number of sulfonamides is 1. The Morgan fingerprint density at radius 1 is 1.29 bits per heavy atom. The first-order valence-electron chi connectivity index (χ1n) is 7.19. The first kappa shape index (κ1) is 16.0. The molecule has 1 aromatic rings. The summed E-state index contributed by atoms with van der Waals surface area (Å²) in [7, 11) is -1.68. The number of nitrogens with zero attached hydrogens (tertiary/aromatic N) is 1. The predicted octanol–water partition coefficient (Wildman–Crippen LogP) is 2.13. The van der Waals surface area contributed by atoms with Crippen LogP contribution in [-0.2, 0) is 16.4 Å². The Kier molecular flexibility index (Phi) is 5.00. The maximum absolute atomic E-state index is 12.4. The second kappa shape index (κ2) is 6.58. The quantitative estimate of drug-likeness (QED) is 0.873. The zero-order valence-electron chi connectivity index (χ0n) is 12.2. The van der Waals surface area contributed by atoms with Crippen LogP contribution in [0.15, 0.2) is 24.3 Å². The molecule has 1 saturated carbocycles. The number of carbonyl (C=O) groups is 1. The third-order valence-electron chi connectivity index (χ3n) is 4.10. The van der Waals surface area contributed by atoms with Crippen LogP contribution in [0.25, 0.3) is 0 Å². The fourth-order valence-corrected chi connectivity index (χ4v) is 4.58. The van der Waals surface area contributed by atoms with Gasteiger partial charge in [0.2, 0.25) is 10.0 Å². The van der Waals surface area contributed by atoms with Crippen molar-refractivity contribution in [3.63, 3.8) is 0 Å². The highest BCUT2D eigenvalue weighted by atomic mass is 32.2. The molecule has 0 bridgehead atoms. The van der Waals surface area contributed by atoms with E-state index in [1.165, 1.54) is 4.31 Å². The maximum Gasteiger partial charge on any atom is 0.335 e. The molecule has 6 heteroatoms. The summed E-state index contributed by atoms with van der Waals surface area (Å²) in [6.07, 6.45) is 3.82. The summed E-state index contributed by atoms with van der Waals surface area (Å²) in [4.78, 5) is 11.1. The van der Waals surface area contributed by atoms with Crippen molar-refractivity contribution in [3.8, 4) is 0 Å². The molecule has 1 aromatic carbocycles. The Morgan fingerprint density at radius 3 is 2.52 bits per heavy atom. The molecule has 5 nitrogen and oxygen atoms in total. The standard InChI is InChI=1S/C15H21NO4S/c1-16(21(19,20)13-7-3-4-8-13)11-10-12-6-2-5-9-14(12)15(17)18/h2,5-6,9,13H,3-4,7-8,10-11H2,1H3,(H,17,18). The van der Waals surface area contributed by atoms with Crippen LogP contribution < -0.4 is 0 Å². The normalized spacial score (nSPS) is 16.5. The number of hydrogen-bond donors (Lipinski definition) is 1. The van der Waals surface area contributed by atoms with Crippen LogP contribution in [0.4, 0.5) is 0 Å². The van der Waals surface area contributed by atoms with Gasteiger partial charge >= 0.3 is 5.97 Å². The Morgan fingerprint density at radius 2 is 1.90 bits per heavy atom. The minimum Gasteiger partial charge on any atom is -0.478 e. The lowest BCUT2D eigenvalue weighted by molar-refractivity contribution is 0.0695. The molecule has 1 aliphatic rings. The van der Waals surface area contributed by atoms with E-state index in [1.807, 2.05) is 0 Å². The van der Waals surface area contributed by atoms with Gasteiger partial charge in [-0.2, -0.15) is 0 Å². The van der Waals surface area contributed by atoms with Crippen molar-refractivity contribution in [2.24, 2.45) is 0 Å². The number of aromatic carboxylic acids is 1. The van der Waals surface area contributed by atoms with Crippen LogP contribution in [0.5, 0.6) is 0 Å². The summed E-state index contributed by atoms with van der Waals surface area (Å²) < 4.78 is 26.1. The molecule has 0 saturated heterocycles. The van der Waals surface area contributed by atoms with Crippen LogP contribution in [0, 0.1) is 0 Å². The van der Waals surface area contributed by atoms with E-state index in [4.69, 9.17) is 5.11 Å². The summed E-state index contributed by atoms with van der Waals surface area (Å²) >= 11 is 0. The zero-order valence-corrected chi connectivity index (χ0v) is 13.0. The predicted molar refractivity (Wildman–Crippen MR) is 80.9 cm³/mol. The average Bonchev–Trinajstić information content (AvgIpc) is 2.99. The molecule has 2 rings (SSSR count). The molecule has 21 heavy (non-hydrogen) atoms. The fourth-order valence-electron chi connectivity index (χ4n) is 2.79. The first-order valence-corrected chi connectivity index (χ1v) is 8.69. The molecule has 0 radical (unpaired) electrons. The Bertz CT molecular complexity index is 606. The minimum atomic E-state index is -3.26. The third-order valence-corrected chi connectivity index (χ3v) is 6.47. The van der Waals surface area contributed by atoms with E-state index in [2.05, 4.69) is 0 Å². The lowest BCUT2D eigenvalue weighted by Gasteiger charge is -2.21. The summed E-state index contributed by atoms with van der Waals surface area (Å²) in [5.41, 5.74) is 0.905. The van der Waals surface area contributed by atoms with E-state index < -0.39 is 16.0 Å². The van der Waals surface area contributed by atoms with Gasteiger partial charge in [-0.15, -0.1) is 0 Å². The number of hydrogen-bond acceptors (Lipinski definition) is 3. The van der Waals surface area contributed by atoms with Crippen LogP contribution in [0.3, 0.4) is 0 Å². The molecule has 116 valence electrons. The van der Waals surface area contributed by atoms with E-state index >= 15 is 0 Å². The molecular formula is C15H21NO4S. The minimum absolute atomic E-state index is 0.240. The zero-order chi connectivity index (χ0) is 15.5. The van der Waals surface area contributed by atoms with E-state index in [9.17, 15) is 13.2 Å². The molecule has 1 N–H and O–H groups in total. The monoisotopic (exact) mass is 311 g/mol. The van der Waals surface area contributed by atoms with Gasteiger partial charge in [0, 0.05) is 13.6 Å². The van der Waals surface area contributed by atoms with Gasteiger partial charge in [-0.1, -0.05) is 31.0 Å². The summed E-state index contributed by atoms with van der Waals surface area (Å²) in [6, 6.07) is 6.72. The highest BCUT2D eigenvalue weighted by Gasteiger charge is 2.31. The number of carboxylic acid groups (broad SMARTS) is 1. The molecule has 0 amide bonds. The SMILES string of the molecule is CN(CCc1ccccc1C(=O)O)S(=O)(=O)C1CCCC1. The maximum atomic E-state index is 12.4. The van der Waals surface area contributed by atoms with Crippen molar-refractivity contribution in [1.82, 2.24) is 4.31 Å². The van der Waals surface area contributed by atoms with Gasteiger partial charge in [-0.3, -0.25) is 0 Å². The molecule has 0 aromatic heterocycles.